The van der Waals surface area contributed by atoms with Crippen LogP contribution in [0, 0.1) is 5.92 Å². The minimum absolute atomic E-state index is 0.106. The molecule has 1 heterocycles. The minimum atomic E-state index is -0.531. The Kier molecular flexibility index (Phi) is 3.45. The van der Waals surface area contributed by atoms with Crippen LogP contribution in [0.5, 0.6) is 0 Å². The summed E-state index contributed by atoms with van der Waals surface area (Å²) >= 11 is 0. The summed E-state index contributed by atoms with van der Waals surface area (Å²) in [7, 11) is 1.83. The first kappa shape index (κ1) is 10.2. The molecule has 0 bridgehead atoms. The fraction of sp³-hybridized carbons (Fsp3) is 0.667. The Morgan fingerprint density at radius 1 is 1.69 bits per heavy atom. The molecule has 2 atom stereocenters. The van der Waals surface area contributed by atoms with Gasteiger partial charge >= 0.3 is 0 Å². The molecule has 4 nitrogen and oxygen atoms in total. The molecule has 1 aromatic heterocycles. The lowest BCUT2D eigenvalue weighted by Gasteiger charge is -2.17. The number of rotatable bonds is 4. The van der Waals surface area contributed by atoms with Gasteiger partial charge in [-0.15, -0.1) is 0 Å². The van der Waals surface area contributed by atoms with E-state index < -0.39 is 6.10 Å². The maximum absolute atomic E-state index is 9.84. The molecule has 74 valence electrons. The molecular weight excluding hydrogens is 166 g/mol. The normalized spacial score (nSPS) is 15.7. The van der Waals surface area contributed by atoms with Crippen molar-refractivity contribution >= 4 is 0 Å². The highest BCUT2D eigenvalue weighted by Crippen LogP contribution is 2.21. The van der Waals surface area contributed by atoms with Crippen LogP contribution in [0.15, 0.2) is 12.3 Å². The van der Waals surface area contributed by atoms with Crippen LogP contribution < -0.4 is 5.73 Å². The van der Waals surface area contributed by atoms with E-state index >= 15 is 0 Å². The Hall–Kier alpha value is -0.870. The number of aromatic nitrogens is 2. The Labute approximate surface area is 78.4 Å². The summed E-state index contributed by atoms with van der Waals surface area (Å²) in [5.41, 5.74) is 6.24. The number of hydrogen-bond acceptors (Lipinski definition) is 3. The van der Waals surface area contributed by atoms with Crippen LogP contribution in [-0.4, -0.2) is 21.4 Å². The zero-order chi connectivity index (χ0) is 9.84. The van der Waals surface area contributed by atoms with Gasteiger partial charge in [0.1, 0.15) is 6.10 Å². The van der Waals surface area contributed by atoms with Gasteiger partial charge in [0.25, 0.3) is 0 Å². The highest BCUT2D eigenvalue weighted by Gasteiger charge is 2.19. The molecule has 0 spiro atoms. The Morgan fingerprint density at radius 3 is 2.77 bits per heavy atom. The van der Waals surface area contributed by atoms with Gasteiger partial charge in [-0.2, -0.15) is 5.10 Å². The highest BCUT2D eigenvalue weighted by atomic mass is 16.3. The predicted octanol–water partition coefficient (Wildman–Crippen LogP) is 0.438. The van der Waals surface area contributed by atoms with Crippen LogP contribution in [0.3, 0.4) is 0 Å². The molecule has 0 saturated carbocycles. The van der Waals surface area contributed by atoms with Gasteiger partial charge in [-0.05, 0) is 19.0 Å². The molecule has 0 saturated heterocycles. The van der Waals surface area contributed by atoms with E-state index in [2.05, 4.69) is 5.10 Å². The van der Waals surface area contributed by atoms with Gasteiger partial charge < -0.3 is 10.8 Å². The molecule has 1 rings (SSSR count). The van der Waals surface area contributed by atoms with Crippen LogP contribution in [0.2, 0.25) is 0 Å². The van der Waals surface area contributed by atoms with E-state index in [1.54, 1.807) is 4.68 Å². The second-order valence-electron chi connectivity index (χ2n) is 3.26. The predicted molar refractivity (Wildman–Crippen MR) is 51.0 cm³/mol. The second kappa shape index (κ2) is 4.39. The van der Waals surface area contributed by atoms with Crippen molar-refractivity contribution in [1.29, 1.82) is 0 Å². The summed E-state index contributed by atoms with van der Waals surface area (Å²) in [6.07, 6.45) is 2.16. The van der Waals surface area contributed by atoms with E-state index in [9.17, 15) is 5.11 Å². The largest absolute Gasteiger partial charge is 0.386 e. The Balaban J connectivity index is 2.71. The third kappa shape index (κ3) is 2.29. The van der Waals surface area contributed by atoms with Crippen LogP contribution >= 0.6 is 0 Å². The quantitative estimate of drug-likeness (QED) is 0.712. The minimum Gasteiger partial charge on any atom is -0.386 e. The van der Waals surface area contributed by atoms with Crippen molar-refractivity contribution in [2.24, 2.45) is 18.7 Å². The molecule has 13 heavy (non-hydrogen) atoms. The molecule has 0 amide bonds. The third-order valence-corrected chi connectivity index (χ3v) is 2.31. The van der Waals surface area contributed by atoms with Crippen LogP contribution in [0.25, 0.3) is 0 Å². The second-order valence-corrected chi connectivity index (χ2v) is 3.26. The maximum Gasteiger partial charge on any atom is 0.102 e. The first-order valence-corrected chi connectivity index (χ1v) is 4.56. The van der Waals surface area contributed by atoms with E-state index in [0.717, 1.165) is 6.42 Å². The summed E-state index contributed by atoms with van der Waals surface area (Å²) in [5.74, 6) is 0.106. The number of nitrogens with two attached hydrogens (primary N) is 1. The van der Waals surface area contributed by atoms with Crippen LogP contribution in [0.1, 0.15) is 25.1 Å². The lowest BCUT2D eigenvalue weighted by molar-refractivity contribution is 0.105. The summed E-state index contributed by atoms with van der Waals surface area (Å²) in [6.45, 7) is 2.51. The molecule has 0 aromatic carbocycles. The van der Waals surface area contributed by atoms with Gasteiger partial charge in [0.2, 0.25) is 0 Å². The van der Waals surface area contributed by atoms with Gasteiger partial charge in [-0.25, -0.2) is 0 Å². The smallest absolute Gasteiger partial charge is 0.102 e. The number of aryl methyl sites for hydroxylation is 1. The number of aliphatic hydroxyl groups excluding tert-OH is 1. The molecule has 0 fully saturated rings. The maximum atomic E-state index is 9.84. The van der Waals surface area contributed by atoms with E-state index in [1.807, 2.05) is 26.2 Å². The van der Waals surface area contributed by atoms with Crippen molar-refractivity contribution in [3.8, 4) is 0 Å². The van der Waals surface area contributed by atoms with Gasteiger partial charge in [0.05, 0.1) is 5.69 Å². The molecule has 0 radical (unpaired) electrons. The van der Waals surface area contributed by atoms with E-state index in [4.69, 9.17) is 5.73 Å². The number of nitrogens with zero attached hydrogens (tertiary/aromatic N) is 2. The summed E-state index contributed by atoms with van der Waals surface area (Å²) in [5, 5.41) is 14.0. The van der Waals surface area contributed by atoms with Crippen LogP contribution in [0.4, 0.5) is 0 Å². The first-order chi connectivity index (χ1) is 6.19. The zero-order valence-electron chi connectivity index (χ0n) is 8.14. The monoisotopic (exact) mass is 183 g/mol. The lowest BCUT2D eigenvalue weighted by Crippen LogP contribution is -2.21. The SMILES string of the molecule is CCC(CN)C(O)c1ccn(C)n1. The van der Waals surface area contributed by atoms with E-state index in [-0.39, 0.29) is 5.92 Å². The molecule has 0 aliphatic rings. The summed E-state index contributed by atoms with van der Waals surface area (Å²) in [4.78, 5) is 0. The number of hydrogen-bond donors (Lipinski definition) is 2. The van der Waals surface area contributed by atoms with E-state index in [1.165, 1.54) is 0 Å². The molecule has 0 aliphatic heterocycles. The lowest BCUT2D eigenvalue weighted by atomic mass is 9.97. The molecular formula is C9H17N3O. The average molecular weight is 183 g/mol. The van der Waals surface area contributed by atoms with Crippen molar-refractivity contribution in [3.63, 3.8) is 0 Å². The summed E-state index contributed by atoms with van der Waals surface area (Å²) < 4.78 is 1.68. The molecule has 2 unspecified atom stereocenters. The molecule has 0 aliphatic carbocycles. The number of aliphatic hydroxyl groups is 1. The first-order valence-electron chi connectivity index (χ1n) is 4.56. The highest BCUT2D eigenvalue weighted by molar-refractivity contribution is 5.04. The fourth-order valence-electron chi connectivity index (χ4n) is 1.35. The van der Waals surface area contributed by atoms with Crippen molar-refractivity contribution in [2.45, 2.75) is 19.4 Å². The molecule has 1 aromatic rings. The molecule has 3 N–H and O–H groups in total. The zero-order valence-corrected chi connectivity index (χ0v) is 8.14. The van der Waals surface area contributed by atoms with Crippen molar-refractivity contribution < 1.29 is 5.11 Å². The average Bonchev–Trinajstić information content (AvgIpc) is 2.54. The van der Waals surface area contributed by atoms with Gasteiger partial charge in [0.15, 0.2) is 0 Å². The Bertz CT molecular complexity index is 255. The van der Waals surface area contributed by atoms with Crippen molar-refractivity contribution in [2.75, 3.05) is 6.54 Å². The standard InChI is InChI=1S/C9H17N3O/c1-3-7(6-10)9(13)8-4-5-12(2)11-8/h4-5,7,9,13H,3,6,10H2,1-2H3. The summed E-state index contributed by atoms with van der Waals surface area (Å²) in [6, 6.07) is 1.82. The third-order valence-electron chi connectivity index (χ3n) is 2.31. The molecule has 4 heteroatoms. The topological polar surface area (TPSA) is 64.1 Å². The van der Waals surface area contributed by atoms with E-state index in [0.29, 0.717) is 12.2 Å². The van der Waals surface area contributed by atoms with Gasteiger partial charge in [-0.3, -0.25) is 4.68 Å². The van der Waals surface area contributed by atoms with Crippen LogP contribution in [-0.2, 0) is 7.05 Å². The van der Waals surface area contributed by atoms with Gasteiger partial charge in [0, 0.05) is 19.2 Å². The Morgan fingerprint density at radius 2 is 2.38 bits per heavy atom. The van der Waals surface area contributed by atoms with Crippen molar-refractivity contribution in [3.05, 3.63) is 18.0 Å². The van der Waals surface area contributed by atoms with Crippen molar-refractivity contribution in [1.82, 2.24) is 9.78 Å². The van der Waals surface area contributed by atoms with Gasteiger partial charge in [-0.1, -0.05) is 6.92 Å². The fourth-order valence-corrected chi connectivity index (χ4v) is 1.35.